The Hall–Kier alpha value is 2.01. The zero-order valence-electron chi connectivity index (χ0n) is 2.64. The van der Waals surface area contributed by atoms with Crippen LogP contribution in [0.25, 0.3) is 0 Å². The van der Waals surface area contributed by atoms with Gasteiger partial charge in [-0.25, -0.2) is 0 Å². The van der Waals surface area contributed by atoms with Gasteiger partial charge < -0.3 is 21.9 Å². The molecule has 0 radical (unpaired) electrons. The van der Waals surface area contributed by atoms with Crippen LogP contribution in [0.3, 0.4) is 0 Å². The molecule has 0 N–H and O–H groups in total. The number of hydrogen-bond acceptors (Lipinski definition) is 0. The van der Waals surface area contributed by atoms with Gasteiger partial charge in [-0.15, -0.1) is 0 Å². The van der Waals surface area contributed by atoms with Gasteiger partial charge in [0.2, 0.25) is 0 Å². The average molecular weight is 464 g/mol. The number of hydrogen-bond donors (Lipinski definition) is 0. The second kappa shape index (κ2) is 97.5. The summed E-state index contributed by atoms with van der Waals surface area (Å²) in [6.45, 7) is 0. The molecule has 0 rings (SSSR count). The van der Waals surface area contributed by atoms with E-state index in [-0.39, 0.29) is 87.7 Å². The van der Waals surface area contributed by atoms with Gasteiger partial charge in [0.1, 0.15) is 0 Å². The van der Waals surface area contributed by atoms with Crippen LogP contribution in [-0.4, -0.2) is 0 Å². The first-order chi connectivity index (χ1) is 0. The summed E-state index contributed by atoms with van der Waals surface area (Å²) in [5.74, 6) is 0. The van der Waals surface area contributed by atoms with E-state index in [2.05, 4.69) is 0 Å². The summed E-state index contributed by atoms with van der Waals surface area (Å²) in [6.07, 6.45) is 0. The summed E-state index contributed by atoms with van der Waals surface area (Å²) in [6, 6.07) is 0. The van der Waals surface area contributed by atoms with E-state index >= 15 is 0 Å². The van der Waals surface area contributed by atoms with Crippen molar-refractivity contribution in [3.8, 4) is 0 Å². The summed E-state index contributed by atoms with van der Waals surface area (Å²) in [5, 5.41) is 0. The van der Waals surface area contributed by atoms with Gasteiger partial charge in [-0.2, -0.15) is 0 Å². The second-order valence-electron chi connectivity index (χ2n) is 0. The zero-order valence-corrected chi connectivity index (χ0v) is 8.54. The van der Waals surface area contributed by atoms with E-state index in [4.69, 9.17) is 0 Å². The van der Waals surface area contributed by atoms with Gasteiger partial charge in [0.25, 0.3) is 0 Å². The molecule has 0 aromatic heterocycles. The molecule has 0 fully saturated rings. The third-order valence-electron chi connectivity index (χ3n) is 0. The van der Waals surface area contributed by atoms with Crippen molar-refractivity contribution in [3.63, 3.8) is 0 Å². The minimum absolute atomic E-state index is 0. The molecule has 0 bridgehead atoms. The van der Waals surface area contributed by atoms with Gasteiger partial charge in [-0.05, 0) is 0 Å². The Labute approximate surface area is 86.9 Å². The van der Waals surface area contributed by atoms with Crippen LogP contribution in [-0.2, 0) is 87.7 Å². The summed E-state index contributed by atoms with van der Waals surface area (Å²) in [4.78, 5) is 0. The van der Waals surface area contributed by atoms with Crippen molar-refractivity contribution >= 4 is 0 Å². The topological polar surface area (TPSA) is 114 Å². The maximum Gasteiger partial charge on any atom is 1.00 e. The average Bonchev–Trinajstić information content (AvgIpc) is 0. The van der Waals surface area contributed by atoms with Gasteiger partial charge in [-0.3, -0.25) is 0 Å². The summed E-state index contributed by atoms with van der Waals surface area (Å²) < 4.78 is 0. The first-order valence-electron chi connectivity index (χ1n) is 0. The maximum absolute atomic E-state index is 0. The minimum Gasteiger partial charge on any atom is -2.00 e. The van der Waals surface area contributed by atoms with Gasteiger partial charge in [0.15, 0.2) is 0 Å². The van der Waals surface area contributed by atoms with E-state index in [9.17, 15) is 0 Å². The van der Waals surface area contributed by atoms with Crippen LogP contribution in [0.15, 0.2) is 0 Å². The molecule has 0 aliphatic carbocycles. The molecular weight excluding hydrogens is 464 g/mol. The van der Waals surface area contributed by atoms with E-state index in [0.29, 0.717) is 0 Å². The standard InChI is InChI=1S/2Ag.4O.W/q2*+1;4*-2;. The van der Waals surface area contributed by atoms with Gasteiger partial charge >= 0.3 is 44.8 Å². The van der Waals surface area contributed by atoms with Gasteiger partial charge in [0.05, 0.1) is 0 Å². The molecule has 0 aromatic carbocycles. The Morgan fingerprint density at radius 3 is 0.429 bits per heavy atom. The summed E-state index contributed by atoms with van der Waals surface area (Å²) in [5.41, 5.74) is 0. The van der Waals surface area contributed by atoms with E-state index in [1.54, 1.807) is 0 Å². The van der Waals surface area contributed by atoms with Crippen LogP contribution in [0, 0.1) is 0 Å². The van der Waals surface area contributed by atoms with E-state index in [1.165, 1.54) is 0 Å². The van der Waals surface area contributed by atoms with Crippen molar-refractivity contribution in [1.82, 2.24) is 0 Å². The fraction of sp³-hybridized carbons (Fsp3) is 0. The third kappa shape index (κ3) is 71.7. The molecule has 0 atom stereocenters. The van der Waals surface area contributed by atoms with Gasteiger partial charge in [0, 0.05) is 21.1 Å². The predicted octanol–water partition coefficient (Wildman–Crippen LogP) is -0.483. The van der Waals surface area contributed by atoms with E-state index in [1.807, 2.05) is 0 Å². The zero-order chi connectivity index (χ0) is 0. The van der Waals surface area contributed by atoms with Crippen LogP contribution in [0.1, 0.15) is 0 Å². The summed E-state index contributed by atoms with van der Waals surface area (Å²) in [7, 11) is 0. The third-order valence-corrected chi connectivity index (χ3v) is 0. The molecular formula is Ag2O4W-6. The van der Waals surface area contributed by atoms with Crippen LogP contribution in [0.2, 0.25) is 0 Å². The van der Waals surface area contributed by atoms with Gasteiger partial charge in [-0.1, -0.05) is 0 Å². The SMILES string of the molecule is [Ag+].[Ag+].[O-2].[O-2].[O-2].[O-2].[W]. The Kier molecular flexibility index (Phi) is 1990. The van der Waals surface area contributed by atoms with Crippen LogP contribution in [0.5, 0.6) is 0 Å². The molecule has 0 saturated heterocycles. The maximum atomic E-state index is 0. The Balaban J connectivity index is 0. The largest absolute Gasteiger partial charge is 2.00 e. The molecule has 58 valence electrons. The fourth-order valence-corrected chi connectivity index (χ4v) is 0. The molecule has 0 aliphatic rings. The summed E-state index contributed by atoms with van der Waals surface area (Å²) >= 11 is 0. The molecule has 0 heterocycles. The number of rotatable bonds is 0. The van der Waals surface area contributed by atoms with Crippen molar-refractivity contribution < 1.29 is 87.7 Å². The van der Waals surface area contributed by atoms with Crippen LogP contribution < -0.4 is 0 Å². The smallest absolute Gasteiger partial charge is 1.00 e. The Bertz CT molecular complexity index is 9.65. The fourth-order valence-electron chi connectivity index (χ4n) is 0. The van der Waals surface area contributed by atoms with Crippen molar-refractivity contribution in [2.24, 2.45) is 0 Å². The predicted molar refractivity (Wildman–Crippen MR) is 2.75 cm³/mol. The van der Waals surface area contributed by atoms with Crippen molar-refractivity contribution in [2.75, 3.05) is 0 Å². The monoisotopic (exact) mass is 462 g/mol. The first kappa shape index (κ1) is 143. The molecule has 7 heteroatoms. The van der Waals surface area contributed by atoms with E-state index < -0.39 is 0 Å². The quantitative estimate of drug-likeness (QED) is 0.432. The first-order valence-corrected chi connectivity index (χ1v) is 0. The molecule has 0 amide bonds. The molecule has 0 saturated carbocycles. The molecule has 7 heavy (non-hydrogen) atoms. The van der Waals surface area contributed by atoms with E-state index in [0.717, 1.165) is 0 Å². The molecule has 0 unspecified atom stereocenters. The van der Waals surface area contributed by atoms with Crippen molar-refractivity contribution in [2.45, 2.75) is 0 Å². The molecule has 0 spiro atoms. The Morgan fingerprint density at radius 1 is 0.429 bits per heavy atom. The minimum atomic E-state index is 0. The molecule has 0 aromatic rings. The molecule has 4 nitrogen and oxygen atoms in total. The van der Waals surface area contributed by atoms with Crippen molar-refractivity contribution in [3.05, 3.63) is 0 Å². The second-order valence-corrected chi connectivity index (χ2v) is 0. The van der Waals surface area contributed by atoms with Crippen LogP contribution in [0.4, 0.5) is 0 Å². The Morgan fingerprint density at radius 2 is 0.429 bits per heavy atom. The van der Waals surface area contributed by atoms with Crippen LogP contribution >= 0.6 is 0 Å². The normalized spacial score (nSPS) is 0. The van der Waals surface area contributed by atoms with Crippen molar-refractivity contribution in [1.29, 1.82) is 0 Å². The molecule has 0 aliphatic heterocycles.